The smallest absolute Gasteiger partial charge is 0.253 e. The molecule has 8 heteroatoms. The summed E-state index contributed by atoms with van der Waals surface area (Å²) in [5.41, 5.74) is 2.70. The molecule has 0 saturated carbocycles. The average molecular weight is 417 g/mol. The summed E-state index contributed by atoms with van der Waals surface area (Å²) in [7, 11) is 0. The zero-order chi connectivity index (χ0) is 19.7. The van der Waals surface area contributed by atoms with E-state index in [9.17, 15) is 9.59 Å². The fraction of sp³-hybridized carbons (Fsp3) is 0.250. The highest BCUT2D eigenvalue weighted by molar-refractivity contribution is 6.36. The monoisotopic (exact) mass is 416 g/mol. The molecule has 4 rings (SSSR count). The van der Waals surface area contributed by atoms with Crippen LogP contribution in [0.4, 0.5) is 0 Å². The van der Waals surface area contributed by atoms with E-state index in [0.29, 0.717) is 47.1 Å². The first kappa shape index (κ1) is 18.8. The maximum absolute atomic E-state index is 12.8. The zero-order valence-electron chi connectivity index (χ0n) is 14.9. The number of aromatic nitrogens is 2. The van der Waals surface area contributed by atoms with Crippen molar-refractivity contribution in [3.63, 3.8) is 0 Å². The van der Waals surface area contributed by atoms with Crippen LogP contribution < -0.4 is 5.32 Å². The highest BCUT2D eigenvalue weighted by atomic mass is 35.5. The van der Waals surface area contributed by atoms with Crippen molar-refractivity contribution in [2.24, 2.45) is 0 Å². The highest BCUT2D eigenvalue weighted by Gasteiger charge is 2.25. The summed E-state index contributed by atoms with van der Waals surface area (Å²) >= 11 is 12.0. The molecule has 144 valence electrons. The molecule has 1 aromatic heterocycles. The number of carbonyl (C=O) groups excluding carboxylic acids is 2. The van der Waals surface area contributed by atoms with Crippen LogP contribution in [0.5, 0.6) is 0 Å². The molecule has 0 radical (unpaired) electrons. The second-order valence-corrected chi connectivity index (χ2v) is 7.64. The number of imidazole rings is 1. The van der Waals surface area contributed by atoms with E-state index in [4.69, 9.17) is 23.2 Å². The summed E-state index contributed by atoms with van der Waals surface area (Å²) < 4.78 is 0. The molecule has 2 aromatic carbocycles. The molecule has 2 amide bonds. The molecule has 0 atom stereocenters. The number of piperidine rings is 1. The van der Waals surface area contributed by atoms with Gasteiger partial charge in [0.15, 0.2) is 0 Å². The predicted octanol–water partition coefficient (Wildman–Crippen LogP) is 3.90. The molecule has 6 nitrogen and oxygen atoms in total. The molecule has 0 bridgehead atoms. The minimum absolute atomic E-state index is 0.00150. The van der Waals surface area contributed by atoms with Crippen LogP contribution in [0.2, 0.25) is 10.0 Å². The fourth-order valence-corrected chi connectivity index (χ4v) is 3.91. The van der Waals surface area contributed by atoms with Crippen molar-refractivity contribution in [2.45, 2.75) is 18.9 Å². The first-order chi connectivity index (χ1) is 13.5. The predicted molar refractivity (Wildman–Crippen MR) is 109 cm³/mol. The summed E-state index contributed by atoms with van der Waals surface area (Å²) in [5, 5.41) is 3.81. The van der Waals surface area contributed by atoms with Crippen LogP contribution in [-0.4, -0.2) is 45.8 Å². The minimum atomic E-state index is -0.226. The number of amides is 2. The van der Waals surface area contributed by atoms with Crippen LogP contribution in [0.15, 0.2) is 42.7 Å². The molecule has 1 saturated heterocycles. The third-order valence-corrected chi connectivity index (χ3v) is 5.51. The van der Waals surface area contributed by atoms with Gasteiger partial charge in [-0.3, -0.25) is 9.59 Å². The van der Waals surface area contributed by atoms with E-state index in [0.717, 1.165) is 11.0 Å². The van der Waals surface area contributed by atoms with E-state index in [-0.39, 0.29) is 17.9 Å². The van der Waals surface area contributed by atoms with E-state index in [2.05, 4.69) is 15.3 Å². The van der Waals surface area contributed by atoms with Gasteiger partial charge in [0.25, 0.3) is 11.8 Å². The number of nitrogens with one attached hydrogen (secondary N) is 2. The molecule has 1 aliphatic heterocycles. The summed E-state index contributed by atoms with van der Waals surface area (Å²) in [6, 6.07) is 10.3. The molecular formula is C20H18Cl2N4O2. The van der Waals surface area contributed by atoms with Crippen LogP contribution in [0, 0.1) is 0 Å². The lowest BCUT2D eigenvalue weighted by atomic mass is 10.0. The van der Waals surface area contributed by atoms with Crippen molar-refractivity contribution >= 4 is 46.0 Å². The maximum atomic E-state index is 12.8. The molecule has 0 aliphatic carbocycles. The van der Waals surface area contributed by atoms with Gasteiger partial charge < -0.3 is 15.2 Å². The van der Waals surface area contributed by atoms with Gasteiger partial charge in [0, 0.05) is 29.7 Å². The summed E-state index contributed by atoms with van der Waals surface area (Å²) in [4.78, 5) is 34.2. The third kappa shape index (κ3) is 3.84. The highest BCUT2D eigenvalue weighted by Crippen LogP contribution is 2.22. The van der Waals surface area contributed by atoms with Gasteiger partial charge in [-0.2, -0.15) is 0 Å². The molecule has 0 spiro atoms. The Morgan fingerprint density at radius 2 is 1.89 bits per heavy atom. The molecule has 1 aliphatic rings. The van der Waals surface area contributed by atoms with Crippen molar-refractivity contribution < 1.29 is 9.59 Å². The molecular weight excluding hydrogens is 399 g/mol. The van der Waals surface area contributed by atoms with E-state index < -0.39 is 0 Å². The number of hydrogen-bond donors (Lipinski definition) is 2. The van der Waals surface area contributed by atoms with Gasteiger partial charge >= 0.3 is 0 Å². The molecule has 0 unspecified atom stereocenters. The van der Waals surface area contributed by atoms with Crippen molar-refractivity contribution in [3.05, 3.63) is 63.9 Å². The normalized spacial score (nSPS) is 15.0. The number of likely N-dealkylation sites (tertiary alicyclic amines) is 1. The largest absolute Gasteiger partial charge is 0.349 e. The number of hydrogen-bond acceptors (Lipinski definition) is 3. The minimum Gasteiger partial charge on any atom is -0.349 e. The SMILES string of the molecule is O=C(NC1CCN(C(=O)c2ccc3nc[nH]c3c2)CC1)c1ccc(Cl)cc1Cl. The van der Waals surface area contributed by atoms with E-state index in [1.807, 2.05) is 17.0 Å². The maximum Gasteiger partial charge on any atom is 0.253 e. The van der Waals surface area contributed by atoms with Crippen LogP contribution in [0.1, 0.15) is 33.6 Å². The molecule has 3 aromatic rings. The van der Waals surface area contributed by atoms with Gasteiger partial charge in [-0.25, -0.2) is 4.98 Å². The van der Waals surface area contributed by atoms with Gasteiger partial charge in [0.05, 0.1) is 27.9 Å². The van der Waals surface area contributed by atoms with E-state index >= 15 is 0 Å². The van der Waals surface area contributed by atoms with Gasteiger partial charge in [0.2, 0.25) is 0 Å². The quantitative estimate of drug-likeness (QED) is 0.679. The Bertz CT molecular complexity index is 1040. The summed E-state index contributed by atoms with van der Waals surface area (Å²) in [6.45, 7) is 1.16. The Morgan fingerprint density at radius 3 is 2.64 bits per heavy atom. The Hall–Kier alpha value is -2.57. The number of aromatic amines is 1. The second kappa shape index (κ2) is 7.81. The van der Waals surface area contributed by atoms with Crippen LogP contribution in [0.3, 0.4) is 0 Å². The van der Waals surface area contributed by atoms with Gasteiger partial charge in [0.1, 0.15) is 0 Å². The molecule has 2 heterocycles. The summed E-state index contributed by atoms with van der Waals surface area (Å²) in [5.74, 6) is -0.238. The van der Waals surface area contributed by atoms with Crippen LogP contribution >= 0.6 is 23.2 Å². The molecule has 28 heavy (non-hydrogen) atoms. The van der Waals surface area contributed by atoms with Gasteiger partial charge in [-0.1, -0.05) is 23.2 Å². The Morgan fingerprint density at radius 1 is 1.11 bits per heavy atom. The average Bonchev–Trinajstić information content (AvgIpc) is 3.15. The Kier molecular flexibility index (Phi) is 5.24. The van der Waals surface area contributed by atoms with Crippen molar-refractivity contribution in [1.29, 1.82) is 0 Å². The molecule has 2 N–H and O–H groups in total. The Balaban J connectivity index is 1.36. The topological polar surface area (TPSA) is 78.1 Å². The lowest BCUT2D eigenvalue weighted by Crippen LogP contribution is -2.46. The summed E-state index contributed by atoms with van der Waals surface area (Å²) in [6.07, 6.45) is 2.99. The van der Waals surface area contributed by atoms with E-state index in [1.54, 1.807) is 30.6 Å². The van der Waals surface area contributed by atoms with Crippen LogP contribution in [-0.2, 0) is 0 Å². The standard InChI is InChI=1S/C20H18Cl2N4O2/c21-13-2-3-15(16(22)10-13)19(27)25-14-5-7-26(8-6-14)20(28)12-1-4-17-18(9-12)24-11-23-17/h1-4,9-11,14H,5-8H2,(H,23,24)(H,25,27). The molecule has 1 fully saturated rings. The lowest BCUT2D eigenvalue weighted by Gasteiger charge is -2.32. The zero-order valence-corrected chi connectivity index (χ0v) is 16.4. The lowest BCUT2D eigenvalue weighted by molar-refractivity contribution is 0.0698. The first-order valence-corrected chi connectivity index (χ1v) is 9.75. The Labute approximate surface area is 171 Å². The van der Waals surface area contributed by atoms with Gasteiger partial charge in [-0.05, 0) is 49.2 Å². The number of nitrogens with zero attached hydrogens (tertiary/aromatic N) is 2. The number of rotatable bonds is 3. The van der Waals surface area contributed by atoms with Gasteiger partial charge in [-0.15, -0.1) is 0 Å². The first-order valence-electron chi connectivity index (χ1n) is 8.99. The van der Waals surface area contributed by atoms with E-state index in [1.165, 1.54) is 0 Å². The number of H-pyrrole nitrogens is 1. The van der Waals surface area contributed by atoms with Crippen LogP contribution in [0.25, 0.3) is 11.0 Å². The number of benzene rings is 2. The van der Waals surface area contributed by atoms with Crippen molar-refractivity contribution in [3.8, 4) is 0 Å². The van der Waals surface area contributed by atoms with Crippen molar-refractivity contribution in [1.82, 2.24) is 20.2 Å². The third-order valence-electron chi connectivity index (χ3n) is 4.96. The fourth-order valence-electron chi connectivity index (χ4n) is 3.41. The van der Waals surface area contributed by atoms with Crippen molar-refractivity contribution in [2.75, 3.05) is 13.1 Å². The number of halogens is 2. The number of carbonyl (C=O) groups is 2. The second-order valence-electron chi connectivity index (χ2n) is 6.80. The number of fused-ring (bicyclic) bond motifs is 1.